The van der Waals surface area contributed by atoms with Crippen LogP contribution in [-0.2, 0) is 21.4 Å². The van der Waals surface area contributed by atoms with Gasteiger partial charge in [-0.05, 0) is 29.8 Å². The molecule has 2 aromatic carbocycles. The van der Waals surface area contributed by atoms with Crippen LogP contribution in [0.1, 0.15) is 5.56 Å². The quantitative estimate of drug-likeness (QED) is 0.826. The molecular weight excluding hydrogens is 323 g/mol. The number of nitrogens with one attached hydrogen (secondary N) is 1. The highest BCUT2D eigenvalue weighted by atomic mass is 32.2. The molecule has 0 radical (unpaired) electrons. The molecule has 122 valence electrons. The van der Waals surface area contributed by atoms with E-state index in [-0.39, 0.29) is 23.8 Å². The Morgan fingerprint density at radius 2 is 1.78 bits per heavy atom. The van der Waals surface area contributed by atoms with Crippen LogP contribution < -0.4 is 15.2 Å². The van der Waals surface area contributed by atoms with Crippen molar-refractivity contribution in [2.75, 3.05) is 6.61 Å². The zero-order chi connectivity index (χ0) is 16.9. The van der Waals surface area contributed by atoms with Gasteiger partial charge in [-0.3, -0.25) is 4.79 Å². The van der Waals surface area contributed by atoms with Crippen LogP contribution in [0.3, 0.4) is 0 Å². The van der Waals surface area contributed by atoms with E-state index in [1.54, 1.807) is 6.07 Å². The molecule has 8 heteroatoms. The van der Waals surface area contributed by atoms with Gasteiger partial charge in [0.15, 0.2) is 18.2 Å². The molecule has 0 spiro atoms. The van der Waals surface area contributed by atoms with Crippen LogP contribution >= 0.6 is 0 Å². The molecule has 0 aliphatic carbocycles. The first-order valence-corrected chi connectivity index (χ1v) is 8.16. The number of halogens is 1. The maximum absolute atomic E-state index is 13.3. The fourth-order valence-electron chi connectivity index (χ4n) is 1.75. The molecule has 0 aliphatic rings. The van der Waals surface area contributed by atoms with Gasteiger partial charge in [-0.15, -0.1) is 0 Å². The molecule has 0 saturated carbocycles. The number of para-hydroxylation sites is 1. The van der Waals surface area contributed by atoms with Crippen molar-refractivity contribution in [3.63, 3.8) is 0 Å². The summed E-state index contributed by atoms with van der Waals surface area (Å²) in [5.41, 5.74) is 0.691. The van der Waals surface area contributed by atoms with Gasteiger partial charge >= 0.3 is 0 Å². The van der Waals surface area contributed by atoms with Crippen molar-refractivity contribution in [3.05, 3.63) is 59.9 Å². The van der Waals surface area contributed by atoms with Gasteiger partial charge in [-0.1, -0.05) is 24.3 Å². The lowest BCUT2D eigenvalue weighted by Gasteiger charge is -2.08. The number of ether oxygens (including phenoxy) is 1. The van der Waals surface area contributed by atoms with Crippen LogP contribution in [0.15, 0.2) is 53.4 Å². The minimum atomic E-state index is -3.74. The summed E-state index contributed by atoms with van der Waals surface area (Å²) in [6.07, 6.45) is 0. The number of benzene rings is 2. The Kier molecular flexibility index (Phi) is 5.30. The molecule has 0 saturated heterocycles. The van der Waals surface area contributed by atoms with Crippen molar-refractivity contribution in [2.24, 2.45) is 5.14 Å². The normalized spacial score (nSPS) is 11.0. The van der Waals surface area contributed by atoms with Gasteiger partial charge < -0.3 is 10.1 Å². The van der Waals surface area contributed by atoms with E-state index in [2.05, 4.69) is 5.32 Å². The van der Waals surface area contributed by atoms with Gasteiger partial charge in [-0.2, -0.15) is 0 Å². The number of sulfonamides is 1. The van der Waals surface area contributed by atoms with Crippen LogP contribution in [0.25, 0.3) is 0 Å². The number of nitrogens with two attached hydrogens (primary N) is 1. The summed E-state index contributed by atoms with van der Waals surface area (Å²) in [6.45, 7) is -0.138. The van der Waals surface area contributed by atoms with Crippen molar-refractivity contribution in [3.8, 4) is 5.75 Å². The smallest absolute Gasteiger partial charge is 0.258 e. The summed E-state index contributed by atoms with van der Waals surface area (Å²) >= 11 is 0. The van der Waals surface area contributed by atoms with E-state index in [1.807, 2.05) is 0 Å². The van der Waals surface area contributed by atoms with Crippen LogP contribution in [0, 0.1) is 5.82 Å². The Bertz CT molecular complexity index is 791. The molecule has 2 rings (SSSR count). The van der Waals surface area contributed by atoms with Crippen molar-refractivity contribution in [1.29, 1.82) is 0 Å². The van der Waals surface area contributed by atoms with E-state index in [1.165, 1.54) is 42.5 Å². The van der Waals surface area contributed by atoms with Gasteiger partial charge in [0.1, 0.15) is 0 Å². The number of primary sulfonamides is 1. The molecule has 0 atom stereocenters. The molecule has 0 fully saturated rings. The Balaban J connectivity index is 1.84. The van der Waals surface area contributed by atoms with E-state index >= 15 is 0 Å². The summed E-state index contributed by atoms with van der Waals surface area (Å²) in [5, 5.41) is 7.57. The number of carbonyl (C=O) groups is 1. The van der Waals surface area contributed by atoms with Gasteiger partial charge in [-0.25, -0.2) is 17.9 Å². The Hall–Kier alpha value is -2.45. The number of hydrogen-bond acceptors (Lipinski definition) is 4. The maximum Gasteiger partial charge on any atom is 0.258 e. The molecule has 0 heterocycles. The SMILES string of the molecule is NS(=O)(=O)c1ccc(CNC(=O)COc2ccccc2F)cc1. The summed E-state index contributed by atoms with van der Waals surface area (Å²) in [4.78, 5) is 11.6. The second-order valence-electron chi connectivity index (χ2n) is 4.68. The number of rotatable bonds is 6. The first kappa shape index (κ1) is 16.9. The monoisotopic (exact) mass is 338 g/mol. The van der Waals surface area contributed by atoms with Crippen LogP contribution in [0.5, 0.6) is 5.75 Å². The Morgan fingerprint density at radius 1 is 1.13 bits per heavy atom. The number of carbonyl (C=O) groups excluding carboxylic acids is 1. The molecule has 0 bridgehead atoms. The standard InChI is InChI=1S/C15H15FN2O4S/c16-13-3-1-2-4-14(13)22-10-15(19)18-9-11-5-7-12(8-6-11)23(17,20)21/h1-8H,9-10H2,(H,18,19)(H2,17,20,21). The third-order valence-electron chi connectivity index (χ3n) is 2.94. The zero-order valence-corrected chi connectivity index (χ0v) is 12.8. The Labute approximate surface area is 133 Å². The highest BCUT2D eigenvalue weighted by molar-refractivity contribution is 7.89. The van der Waals surface area contributed by atoms with Crippen LogP contribution in [0.2, 0.25) is 0 Å². The van der Waals surface area contributed by atoms with Crippen LogP contribution in [0.4, 0.5) is 4.39 Å². The van der Waals surface area contributed by atoms with Gasteiger partial charge in [0, 0.05) is 6.54 Å². The fraction of sp³-hybridized carbons (Fsp3) is 0.133. The molecule has 3 N–H and O–H groups in total. The zero-order valence-electron chi connectivity index (χ0n) is 12.0. The highest BCUT2D eigenvalue weighted by Crippen LogP contribution is 2.15. The third-order valence-corrected chi connectivity index (χ3v) is 3.87. The molecular formula is C15H15FN2O4S. The van der Waals surface area contributed by atoms with E-state index in [0.29, 0.717) is 5.56 Å². The molecule has 0 aromatic heterocycles. The van der Waals surface area contributed by atoms with Crippen LogP contribution in [-0.4, -0.2) is 20.9 Å². The predicted octanol–water partition coefficient (Wildman–Crippen LogP) is 1.17. The van der Waals surface area contributed by atoms with Crippen molar-refractivity contribution >= 4 is 15.9 Å². The summed E-state index contributed by atoms with van der Waals surface area (Å²) in [5.74, 6) is -0.970. The molecule has 1 amide bonds. The number of amides is 1. The molecule has 6 nitrogen and oxygen atoms in total. The average molecular weight is 338 g/mol. The Morgan fingerprint density at radius 3 is 2.39 bits per heavy atom. The summed E-state index contributed by atoms with van der Waals surface area (Å²) in [6, 6.07) is 11.6. The largest absolute Gasteiger partial charge is 0.481 e. The summed E-state index contributed by atoms with van der Waals surface area (Å²) in [7, 11) is -3.74. The van der Waals surface area contributed by atoms with Crippen molar-refractivity contribution in [2.45, 2.75) is 11.4 Å². The van der Waals surface area contributed by atoms with Gasteiger partial charge in [0.05, 0.1) is 4.90 Å². The second-order valence-corrected chi connectivity index (χ2v) is 6.25. The molecule has 2 aromatic rings. The lowest BCUT2D eigenvalue weighted by Crippen LogP contribution is -2.28. The lowest BCUT2D eigenvalue weighted by atomic mass is 10.2. The molecule has 0 unspecified atom stereocenters. The topological polar surface area (TPSA) is 98.5 Å². The van der Waals surface area contributed by atoms with E-state index in [4.69, 9.17) is 9.88 Å². The fourth-order valence-corrected chi connectivity index (χ4v) is 2.27. The lowest BCUT2D eigenvalue weighted by molar-refractivity contribution is -0.123. The van der Waals surface area contributed by atoms with Crippen molar-refractivity contribution in [1.82, 2.24) is 5.32 Å². The second kappa shape index (κ2) is 7.21. The predicted molar refractivity (Wildman–Crippen MR) is 81.6 cm³/mol. The average Bonchev–Trinajstić information content (AvgIpc) is 2.51. The maximum atomic E-state index is 13.3. The van der Waals surface area contributed by atoms with E-state index < -0.39 is 21.7 Å². The number of hydrogen-bond donors (Lipinski definition) is 2. The van der Waals surface area contributed by atoms with E-state index in [0.717, 1.165) is 0 Å². The molecule has 23 heavy (non-hydrogen) atoms. The van der Waals surface area contributed by atoms with E-state index in [9.17, 15) is 17.6 Å². The minimum Gasteiger partial charge on any atom is -0.481 e. The third kappa shape index (κ3) is 5.04. The van der Waals surface area contributed by atoms with Crippen molar-refractivity contribution < 1.29 is 22.3 Å². The highest BCUT2D eigenvalue weighted by Gasteiger charge is 2.08. The summed E-state index contributed by atoms with van der Waals surface area (Å²) < 4.78 is 40.6. The first-order valence-electron chi connectivity index (χ1n) is 6.62. The van der Waals surface area contributed by atoms with Gasteiger partial charge in [0.2, 0.25) is 10.0 Å². The first-order chi connectivity index (χ1) is 10.9. The molecule has 0 aliphatic heterocycles. The minimum absolute atomic E-state index is 0.000144. The van der Waals surface area contributed by atoms with Gasteiger partial charge in [0.25, 0.3) is 5.91 Å².